The van der Waals surface area contributed by atoms with E-state index in [4.69, 9.17) is 0 Å². The number of ketones is 2. The summed E-state index contributed by atoms with van der Waals surface area (Å²) in [5.41, 5.74) is -1.48. The summed E-state index contributed by atoms with van der Waals surface area (Å²) in [5, 5.41) is 20.5. The van der Waals surface area contributed by atoms with Crippen LogP contribution in [0, 0.1) is 11.6 Å². The highest BCUT2D eigenvalue weighted by Crippen LogP contribution is 2.43. The second-order valence-electron chi connectivity index (χ2n) is 6.41. The Kier molecular flexibility index (Phi) is 4.31. The maximum atomic E-state index is 13.9. The number of hydrogen-bond acceptors (Lipinski definition) is 6. The number of anilines is 1. The second kappa shape index (κ2) is 6.63. The van der Waals surface area contributed by atoms with Gasteiger partial charge in [0.1, 0.15) is 4.90 Å². The number of fused-ring (bicyclic) bond motifs is 2. The van der Waals surface area contributed by atoms with Crippen LogP contribution in [0.2, 0.25) is 0 Å². The van der Waals surface area contributed by atoms with Crippen LogP contribution in [0.15, 0.2) is 53.4 Å². The Labute approximate surface area is 168 Å². The molecular weight excluding hydrogens is 420 g/mol. The monoisotopic (exact) mass is 431 g/mol. The highest BCUT2D eigenvalue weighted by Gasteiger charge is 2.35. The number of benzene rings is 3. The number of carbonyl (C=O) groups excluding carboxylic acids is 2. The van der Waals surface area contributed by atoms with Crippen LogP contribution in [0.4, 0.5) is 14.5 Å². The van der Waals surface area contributed by atoms with E-state index in [2.05, 4.69) is 0 Å². The van der Waals surface area contributed by atoms with Crippen LogP contribution < -0.4 is 4.72 Å². The maximum absolute atomic E-state index is 13.9. The van der Waals surface area contributed by atoms with Gasteiger partial charge in [-0.05, 0) is 18.2 Å². The Morgan fingerprint density at radius 2 is 1.43 bits per heavy atom. The molecule has 3 aromatic carbocycles. The number of carbonyl (C=O) groups is 2. The predicted octanol–water partition coefficient (Wildman–Crippen LogP) is 2.95. The van der Waals surface area contributed by atoms with E-state index in [-0.39, 0.29) is 16.7 Å². The Morgan fingerprint density at radius 3 is 2.10 bits per heavy atom. The van der Waals surface area contributed by atoms with Crippen molar-refractivity contribution in [2.24, 2.45) is 0 Å². The average molecular weight is 431 g/mol. The third-order valence-electron chi connectivity index (χ3n) is 4.61. The van der Waals surface area contributed by atoms with Crippen molar-refractivity contribution in [2.75, 3.05) is 4.72 Å². The van der Waals surface area contributed by atoms with Gasteiger partial charge in [0.15, 0.2) is 34.7 Å². The van der Waals surface area contributed by atoms with Crippen molar-refractivity contribution >= 4 is 27.3 Å². The van der Waals surface area contributed by atoms with Crippen molar-refractivity contribution in [3.8, 4) is 11.5 Å². The van der Waals surface area contributed by atoms with E-state index in [1.165, 1.54) is 24.3 Å². The maximum Gasteiger partial charge on any atom is 0.265 e. The van der Waals surface area contributed by atoms with Gasteiger partial charge in [-0.25, -0.2) is 17.2 Å². The van der Waals surface area contributed by atoms with Crippen molar-refractivity contribution < 1.29 is 37.0 Å². The van der Waals surface area contributed by atoms with Gasteiger partial charge in [-0.15, -0.1) is 0 Å². The molecule has 0 saturated carbocycles. The van der Waals surface area contributed by atoms with Crippen molar-refractivity contribution in [3.05, 3.63) is 82.4 Å². The lowest BCUT2D eigenvalue weighted by atomic mass is 9.83. The molecule has 1 aliphatic carbocycles. The molecule has 4 rings (SSSR count). The lowest BCUT2D eigenvalue weighted by Crippen LogP contribution is -2.22. The molecule has 7 nitrogen and oxygen atoms in total. The predicted molar refractivity (Wildman–Crippen MR) is 100 cm³/mol. The molecular formula is C20H11F2NO6S. The minimum atomic E-state index is -4.76. The lowest BCUT2D eigenvalue weighted by molar-refractivity contribution is 0.0976. The Morgan fingerprint density at radius 1 is 0.800 bits per heavy atom. The Bertz CT molecular complexity index is 1370. The number of phenols is 2. The van der Waals surface area contributed by atoms with E-state index in [9.17, 15) is 37.0 Å². The van der Waals surface area contributed by atoms with Gasteiger partial charge in [0.2, 0.25) is 0 Å². The van der Waals surface area contributed by atoms with Crippen LogP contribution in [-0.4, -0.2) is 30.2 Å². The molecule has 0 spiro atoms. The van der Waals surface area contributed by atoms with Gasteiger partial charge < -0.3 is 10.2 Å². The van der Waals surface area contributed by atoms with Crippen LogP contribution in [0.3, 0.4) is 0 Å². The number of nitrogens with one attached hydrogen (secondary N) is 1. The van der Waals surface area contributed by atoms with Gasteiger partial charge in [-0.1, -0.05) is 30.3 Å². The number of rotatable bonds is 3. The zero-order chi connectivity index (χ0) is 21.8. The molecule has 1 aliphatic rings. The molecule has 30 heavy (non-hydrogen) atoms. The summed E-state index contributed by atoms with van der Waals surface area (Å²) in [6.45, 7) is 0. The van der Waals surface area contributed by atoms with Crippen molar-refractivity contribution in [3.63, 3.8) is 0 Å². The molecule has 0 radical (unpaired) electrons. The molecule has 0 amide bonds. The quantitative estimate of drug-likeness (QED) is 0.429. The summed E-state index contributed by atoms with van der Waals surface area (Å²) in [7, 11) is -4.76. The summed E-state index contributed by atoms with van der Waals surface area (Å²) in [6, 6.07) is 9.13. The van der Waals surface area contributed by atoms with E-state index in [1.807, 2.05) is 4.72 Å². The van der Waals surface area contributed by atoms with Crippen LogP contribution in [0.1, 0.15) is 31.8 Å². The minimum absolute atomic E-state index is 0.0138. The van der Waals surface area contributed by atoms with Crippen molar-refractivity contribution in [1.29, 1.82) is 0 Å². The van der Waals surface area contributed by atoms with Gasteiger partial charge in [-0.2, -0.15) is 0 Å². The highest BCUT2D eigenvalue weighted by molar-refractivity contribution is 7.92. The number of aromatic hydroxyl groups is 2. The number of sulfonamides is 1. The van der Waals surface area contributed by atoms with E-state index >= 15 is 0 Å². The van der Waals surface area contributed by atoms with Crippen LogP contribution in [0.5, 0.6) is 11.5 Å². The first kappa shape index (κ1) is 19.5. The molecule has 0 unspecified atom stereocenters. The normalized spacial score (nSPS) is 13.0. The number of halogens is 2. The van der Waals surface area contributed by atoms with Gasteiger partial charge in [0.05, 0.1) is 11.3 Å². The van der Waals surface area contributed by atoms with E-state index in [0.717, 1.165) is 24.3 Å². The minimum Gasteiger partial charge on any atom is -0.504 e. The molecule has 0 aromatic heterocycles. The molecule has 0 bridgehead atoms. The second-order valence-corrected chi connectivity index (χ2v) is 8.06. The standard InChI is InChI=1S/C20H11F2NO6S/c21-12-6-3-7-14(16(12)22)30(28,29)23-13-8-11-15(20(27)19(13)26)18(25)10-5-2-1-4-9(10)17(11)24/h1-8,23,26-27H. The summed E-state index contributed by atoms with van der Waals surface area (Å²) in [4.78, 5) is 24.4. The van der Waals surface area contributed by atoms with E-state index < -0.39 is 60.9 Å². The molecule has 3 N–H and O–H groups in total. The van der Waals surface area contributed by atoms with Crippen LogP contribution in [0.25, 0.3) is 0 Å². The molecule has 0 atom stereocenters. The zero-order valence-corrected chi connectivity index (χ0v) is 15.6. The zero-order valence-electron chi connectivity index (χ0n) is 14.8. The van der Waals surface area contributed by atoms with Crippen LogP contribution >= 0.6 is 0 Å². The average Bonchev–Trinajstić information content (AvgIpc) is 2.71. The Hall–Kier alpha value is -3.79. The van der Waals surface area contributed by atoms with E-state index in [0.29, 0.717) is 0 Å². The first-order chi connectivity index (χ1) is 14.1. The molecule has 152 valence electrons. The fraction of sp³-hybridized carbons (Fsp3) is 0. The van der Waals surface area contributed by atoms with Gasteiger partial charge in [0, 0.05) is 16.7 Å². The molecule has 0 aliphatic heterocycles. The molecule has 10 heteroatoms. The fourth-order valence-corrected chi connectivity index (χ4v) is 4.34. The summed E-state index contributed by atoms with van der Waals surface area (Å²) < 4.78 is 54.1. The first-order valence-corrected chi connectivity index (χ1v) is 9.86. The Balaban J connectivity index is 1.86. The van der Waals surface area contributed by atoms with Gasteiger partial charge >= 0.3 is 0 Å². The third kappa shape index (κ3) is 2.80. The topological polar surface area (TPSA) is 121 Å². The fourth-order valence-electron chi connectivity index (χ4n) is 3.20. The van der Waals surface area contributed by atoms with Gasteiger partial charge in [-0.3, -0.25) is 14.3 Å². The summed E-state index contributed by atoms with van der Waals surface area (Å²) >= 11 is 0. The van der Waals surface area contributed by atoms with Crippen LogP contribution in [-0.2, 0) is 10.0 Å². The van der Waals surface area contributed by atoms with Gasteiger partial charge in [0.25, 0.3) is 10.0 Å². The van der Waals surface area contributed by atoms with Crippen molar-refractivity contribution in [2.45, 2.75) is 4.90 Å². The SMILES string of the molecule is O=C1c2ccccc2C(=O)c2c1cc(NS(=O)(=O)c1cccc(F)c1F)c(O)c2O. The first-order valence-electron chi connectivity index (χ1n) is 8.37. The highest BCUT2D eigenvalue weighted by atomic mass is 32.2. The third-order valence-corrected chi connectivity index (χ3v) is 6.00. The number of hydrogen-bond donors (Lipinski definition) is 3. The van der Waals surface area contributed by atoms with Crippen molar-refractivity contribution in [1.82, 2.24) is 0 Å². The van der Waals surface area contributed by atoms with E-state index in [1.54, 1.807) is 0 Å². The summed E-state index contributed by atoms with van der Waals surface area (Å²) in [5.74, 6) is -6.54. The molecule has 0 saturated heterocycles. The molecule has 3 aromatic rings. The largest absolute Gasteiger partial charge is 0.504 e. The smallest absolute Gasteiger partial charge is 0.265 e. The molecule has 0 fully saturated rings. The summed E-state index contributed by atoms with van der Waals surface area (Å²) in [6.07, 6.45) is 0. The molecule has 0 heterocycles. The number of phenolic OH excluding ortho intramolecular Hbond substituents is 2. The lowest BCUT2D eigenvalue weighted by Gasteiger charge is -2.20.